The van der Waals surface area contributed by atoms with Gasteiger partial charge in [-0.2, -0.15) is 4.98 Å². The van der Waals surface area contributed by atoms with Crippen molar-refractivity contribution in [2.75, 3.05) is 37.3 Å². The molecule has 1 aliphatic carbocycles. The van der Waals surface area contributed by atoms with Gasteiger partial charge in [0.15, 0.2) is 0 Å². The van der Waals surface area contributed by atoms with Crippen molar-refractivity contribution >= 4 is 11.8 Å². The average Bonchev–Trinajstić information content (AvgIpc) is 3.22. The average molecular weight is 417 g/mol. The Hall–Kier alpha value is -2.16. The van der Waals surface area contributed by atoms with E-state index >= 15 is 0 Å². The molecule has 5 N–H and O–H groups in total. The van der Waals surface area contributed by atoms with E-state index in [1.54, 1.807) is 0 Å². The van der Waals surface area contributed by atoms with Crippen LogP contribution in [0.4, 0.5) is 11.8 Å². The molecule has 3 rings (SSSR count). The molecule has 2 aromatic rings. The number of aliphatic hydroxyl groups is 1. The summed E-state index contributed by atoms with van der Waals surface area (Å²) in [7, 11) is 1.94. The second kappa shape index (κ2) is 11.9. The second-order valence-electron chi connectivity index (χ2n) is 7.93. The minimum absolute atomic E-state index is 0.178. The molecule has 0 spiro atoms. The van der Waals surface area contributed by atoms with Gasteiger partial charge in [-0.15, -0.1) is 0 Å². The molecule has 1 saturated carbocycles. The minimum atomic E-state index is -0.178. The number of nitrogens with one attached hydrogen (secondary N) is 4. The summed E-state index contributed by atoms with van der Waals surface area (Å²) in [5.41, 5.74) is 0.864. The normalized spacial score (nSPS) is 19.0. The molecule has 2 aromatic heterocycles. The Balaban J connectivity index is 1.73. The molecular weight excluding hydrogens is 380 g/mol. The van der Waals surface area contributed by atoms with Crippen molar-refractivity contribution in [1.82, 2.24) is 20.6 Å². The van der Waals surface area contributed by atoms with Gasteiger partial charge >= 0.3 is 0 Å². The first-order valence-electron chi connectivity index (χ1n) is 11.2. The molecule has 0 saturated heterocycles. The first-order valence-corrected chi connectivity index (χ1v) is 11.2. The van der Waals surface area contributed by atoms with Gasteiger partial charge in [0, 0.05) is 31.9 Å². The molecule has 0 unspecified atom stereocenters. The fourth-order valence-corrected chi connectivity index (χ4v) is 3.59. The van der Waals surface area contributed by atoms with Crippen molar-refractivity contribution in [2.24, 2.45) is 0 Å². The van der Waals surface area contributed by atoms with Crippen LogP contribution in [0.15, 0.2) is 22.7 Å². The van der Waals surface area contributed by atoms with E-state index in [-0.39, 0.29) is 6.10 Å². The summed E-state index contributed by atoms with van der Waals surface area (Å²) in [4.78, 5) is 9.25. The topological polar surface area (TPSA) is 107 Å². The maximum absolute atomic E-state index is 9.81. The number of unbranched alkanes of at least 4 members (excludes halogenated alkanes) is 1. The van der Waals surface area contributed by atoms with Gasteiger partial charge in [0.2, 0.25) is 5.95 Å². The minimum Gasteiger partial charge on any atom is -0.460 e. The first kappa shape index (κ1) is 22.5. The third kappa shape index (κ3) is 6.68. The van der Waals surface area contributed by atoms with Crippen molar-refractivity contribution in [2.45, 2.75) is 64.1 Å². The van der Waals surface area contributed by atoms with Crippen LogP contribution in [0.2, 0.25) is 0 Å². The summed E-state index contributed by atoms with van der Waals surface area (Å²) in [5, 5.41) is 23.2. The van der Waals surface area contributed by atoms with E-state index in [0.29, 0.717) is 18.5 Å². The first-order chi connectivity index (χ1) is 14.7. The quantitative estimate of drug-likeness (QED) is 0.336. The lowest BCUT2D eigenvalue weighted by Crippen LogP contribution is -2.29. The predicted molar refractivity (Wildman–Crippen MR) is 121 cm³/mol. The van der Waals surface area contributed by atoms with Gasteiger partial charge in [-0.05, 0) is 51.3 Å². The third-order valence-corrected chi connectivity index (χ3v) is 5.42. The maximum Gasteiger partial charge on any atom is 0.224 e. The molecule has 0 amide bonds. The number of rotatable bonds is 12. The maximum atomic E-state index is 9.81. The summed E-state index contributed by atoms with van der Waals surface area (Å²) >= 11 is 0. The van der Waals surface area contributed by atoms with Crippen molar-refractivity contribution in [3.8, 4) is 11.3 Å². The number of furan rings is 1. The molecule has 1 aliphatic rings. The largest absolute Gasteiger partial charge is 0.460 e. The van der Waals surface area contributed by atoms with Gasteiger partial charge in [-0.25, -0.2) is 4.98 Å². The standard InChI is InChI=1S/C22H36N6O2/c1-3-4-11-25-22-26-15-19(20-10-9-18(30-20)14-24-13-12-23-2)21(28-22)27-16-5-7-17(29)8-6-16/h9-10,15-17,23-24,29H,3-8,11-14H2,1-2H3,(H2,25,26,27,28)/t16-,17-. The zero-order valence-corrected chi connectivity index (χ0v) is 18.2. The van der Waals surface area contributed by atoms with Crippen molar-refractivity contribution < 1.29 is 9.52 Å². The van der Waals surface area contributed by atoms with Crippen LogP contribution in [-0.2, 0) is 6.54 Å². The van der Waals surface area contributed by atoms with E-state index in [1.807, 2.05) is 25.4 Å². The van der Waals surface area contributed by atoms with Crippen molar-refractivity contribution in [3.63, 3.8) is 0 Å². The zero-order chi connectivity index (χ0) is 21.2. The fourth-order valence-electron chi connectivity index (χ4n) is 3.59. The zero-order valence-electron chi connectivity index (χ0n) is 18.2. The van der Waals surface area contributed by atoms with Gasteiger partial charge < -0.3 is 30.8 Å². The Morgan fingerprint density at radius 1 is 1.13 bits per heavy atom. The molecule has 0 radical (unpaired) electrons. The number of anilines is 2. The van der Waals surface area contributed by atoms with Crippen LogP contribution in [0.5, 0.6) is 0 Å². The van der Waals surface area contributed by atoms with E-state index in [9.17, 15) is 5.11 Å². The van der Waals surface area contributed by atoms with Gasteiger partial charge in [-0.1, -0.05) is 13.3 Å². The smallest absolute Gasteiger partial charge is 0.224 e. The molecule has 0 aliphatic heterocycles. The Bertz CT molecular complexity index is 758. The monoisotopic (exact) mass is 416 g/mol. The summed E-state index contributed by atoms with van der Waals surface area (Å²) in [6.45, 7) is 5.50. The lowest BCUT2D eigenvalue weighted by molar-refractivity contribution is 0.126. The molecule has 2 heterocycles. The van der Waals surface area contributed by atoms with Crippen LogP contribution in [0.1, 0.15) is 51.2 Å². The summed E-state index contributed by atoms with van der Waals surface area (Å²) in [6, 6.07) is 4.27. The highest BCUT2D eigenvalue weighted by Gasteiger charge is 2.22. The highest BCUT2D eigenvalue weighted by Crippen LogP contribution is 2.31. The van der Waals surface area contributed by atoms with Crippen LogP contribution in [0, 0.1) is 0 Å². The molecular formula is C22H36N6O2. The number of aromatic nitrogens is 2. The van der Waals surface area contributed by atoms with Crippen molar-refractivity contribution in [3.05, 3.63) is 24.1 Å². The third-order valence-electron chi connectivity index (χ3n) is 5.42. The van der Waals surface area contributed by atoms with E-state index < -0.39 is 0 Å². The molecule has 1 fully saturated rings. The molecule has 0 bridgehead atoms. The van der Waals surface area contributed by atoms with Gasteiger partial charge in [0.05, 0.1) is 18.2 Å². The Morgan fingerprint density at radius 3 is 2.73 bits per heavy atom. The second-order valence-corrected chi connectivity index (χ2v) is 7.93. The summed E-state index contributed by atoms with van der Waals surface area (Å²) in [5.74, 6) is 3.07. The number of likely N-dealkylation sites (N-methyl/N-ethyl adjacent to an activating group) is 1. The lowest BCUT2D eigenvalue weighted by atomic mass is 9.93. The predicted octanol–water partition coefficient (Wildman–Crippen LogP) is 2.97. The number of hydrogen-bond acceptors (Lipinski definition) is 8. The van der Waals surface area contributed by atoms with Crippen LogP contribution in [0.25, 0.3) is 11.3 Å². The van der Waals surface area contributed by atoms with Gasteiger partial charge in [-0.3, -0.25) is 0 Å². The van der Waals surface area contributed by atoms with Crippen LogP contribution in [-0.4, -0.2) is 53.9 Å². The SMILES string of the molecule is CCCCNc1ncc(-c2ccc(CNCCNC)o2)c(N[C@H]2CC[C@H](O)CC2)n1. The van der Waals surface area contributed by atoms with E-state index in [0.717, 1.165) is 81.1 Å². The van der Waals surface area contributed by atoms with E-state index in [2.05, 4.69) is 33.2 Å². The van der Waals surface area contributed by atoms with Crippen molar-refractivity contribution in [1.29, 1.82) is 0 Å². The lowest BCUT2D eigenvalue weighted by Gasteiger charge is -2.27. The number of nitrogens with zero attached hydrogens (tertiary/aromatic N) is 2. The Kier molecular flexibility index (Phi) is 8.92. The highest BCUT2D eigenvalue weighted by atomic mass is 16.3. The summed E-state index contributed by atoms with van der Waals surface area (Å²) in [6.07, 6.45) is 7.37. The van der Waals surface area contributed by atoms with Crippen LogP contribution >= 0.6 is 0 Å². The van der Waals surface area contributed by atoms with E-state index in [4.69, 9.17) is 9.40 Å². The highest BCUT2D eigenvalue weighted by molar-refractivity contribution is 5.72. The summed E-state index contributed by atoms with van der Waals surface area (Å²) < 4.78 is 6.07. The Labute approximate surface area is 179 Å². The molecule has 8 nitrogen and oxygen atoms in total. The molecule has 166 valence electrons. The Morgan fingerprint density at radius 2 is 1.97 bits per heavy atom. The molecule has 0 aromatic carbocycles. The molecule has 0 atom stereocenters. The van der Waals surface area contributed by atoms with E-state index in [1.165, 1.54) is 0 Å². The number of aliphatic hydroxyl groups excluding tert-OH is 1. The van der Waals surface area contributed by atoms with Crippen LogP contribution in [0.3, 0.4) is 0 Å². The fraction of sp³-hybridized carbons (Fsp3) is 0.636. The van der Waals surface area contributed by atoms with Crippen LogP contribution < -0.4 is 21.3 Å². The number of hydrogen-bond donors (Lipinski definition) is 5. The molecule has 8 heteroatoms. The van der Waals surface area contributed by atoms with Gasteiger partial charge in [0.1, 0.15) is 17.3 Å². The molecule has 30 heavy (non-hydrogen) atoms. The van der Waals surface area contributed by atoms with Gasteiger partial charge in [0.25, 0.3) is 0 Å².